The minimum absolute atomic E-state index is 0.0137. The fraction of sp³-hybridized carbons (Fsp3) is 0.667. The third-order valence-electron chi connectivity index (χ3n) is 4.83. The van der Waals surface area contributed by atoms with Gasteiger partial charge >= 0.3 is 18.3 Å². The Morgan fingerprint density at radius 1 is 0.750 bits per heavy atom. The second-order valence-electron chi connectivity index (χ2n) is 7.75. The van der Waals surface area contributed by atoms with Gasteiger partial charge in [0.15, 0.2) is 0 Å². The smallest absolute Gasteiger partial charge is 0.466 e. The third-order valence-corrected chi connectivity index (χ3v) is 4.83. The van der Waals surface area contributed by atoms with Crippen LogP contribution in [0.25, 0.3) is 0 Å². The molecular formula is C24H35F3O5. The number of unbranched alkanes of at least 4 members (excludes halogenated alkanes) is 8. The molecule has 1 aromatic carbocycles. The van der Waals surface area contributed by atoms with Crippen LogP contribution in [0.2, 0.25) is 0 Å². The van der Waals surface area contributed by atoms with Crippen LogP contribution in [-0.4, -0.2) is 24.9 Å². The van der Waals surface area contributed by atoms with Gasteiger partial charge < -0.3 is 14.2 Å². The van der Waals surface area contributed by atoms with E-state index in [-0.39, 0.29) is 24.3 Å². The van der Waals surface area contributed by atoms with E-state index in [0.717, 1.165) is 57.8 Å². The van der Waals surface area contributed by atoms with Crippen LogP contribution in [-0.2, 0) is 25.7 Å². The van der Waals surface area contributed by atoms with Gasteiger partial charge in [-0.1, -0.05) is 64.0 Å². The van der Waals surface area contributed by atoms with Crippen molar-refractivity contribution in [3.63, 3.8) is 0 Å². The lowest BCUT2D eigenvalue weighted by molar-refractivity contribution is -0.274. The maximum Gasteiger partial charge on any atom is 0.573 e. The van der Waals surface area contributed by atoms with E-state index < -0.39 is 6.36 Å². The summed E-state index contributed by atoms with van der Waals surface area (Å²) in [5.41, 5.74) is 0.590. The van der Waals surface area contributed by atoms with E-state index in [2.05, 4.69) is 11.7 Å². The molecule has 0 saturated carbocycles. The van der Waals surface area contributed by atoms with Crippen molar-refractivity contribution in [3.8, 4) is 5.75 Å². The Morgan fingerprint density at radius 2 is 1.28 bits per heavy atom. The molecule has 5 nitrogen and oxygen atoms in total. The zero-order valence-electron chi connectivity index (χ0n) is 18.9. The first kappa shape index (κ1) is 27.8. The van der Waals surface area contributed by atoms with Crippen molar-refractivity contribution in [2.75, 3.05) is 6.61 Å². The van der Waals surface area contributed by atoms with E-state index in [1.54, 1.807) is 0 Å². The first-order valence-corrected chi connectivity index (χ1v) is 11.5. The SMILES string of the molecule is CCCCCCOC(=O)CCCCCCCCC(=O)OCc1ccc(OC(F)(F)F)cc1. The largest absolute Gasteiger partial charge is 0.573 e. The molecule has 0 saturated heterocycles. The first-order valence-electron chi connectivity index (χ1n) is 11.5. The number of hydrogen-bond donors (Lipinski definition) is 0. The topological polar surface area (TPSA) is 61.8 Å². The monoisotopic (exact) mass is 460 g/mol. The van der Waals surface area contributed by atoms with Gasteiger partial charge in [-0.3, -0.25) is 9.59 Å². The minimum Gasteiger partial charge on any atom is -0.466 e. The molecule has 0 N–H and O–H groups in total. The second-order valence-corrected chi connectivity index (χ2v) is 7.75. The van der Waals surface area contributed by atoms with Crippen LogP contribution in [0.1, 0.15) is 89.5 Å². The van der Waals surface area contributed by atoms with E-state index in [1.165, 1.54) is 30.7 Å². The van der Waals surface area contributed by atoms with Crippen LogP contribution >= 0.6 is 0 Å². The number of ether oxygens (including phenoxy) is 3. The summed E-state index contributed by atoms with van der Waals surface area (Å²) in [7, 11) is 0. The van der Waals surface area contributed by atoms with Crippen LogP contribution in [0.15, 0.2) is 24.3 Å². The van der Waals surface area contributed by atoms with Crippen LogP contribution in [0.4, 0.5) is 13.2 Å². The predicted molar refractivity (Wildman–Crippen MR) is 115 cm³/mol. The van der Waals surface area contributed by atoms with Gasteiger partial charge in [0, 0.05) is 12.8 Å². The summed E-state index contributed by atoms with van der Waals surface area (Å²) in [5.74, 6) is -0.763. The highest BCUT2D eigenvalue weighted by molar-refractivity contribution is 5.69. The van der Waals surface area contributed by atoms with Gasteiger partial charge in [0.25, 0.3) is 0 Å². The summed E-state index contributed by atoms with van der Waals surface area (Å²) in [5, 5.41) is 0. The molecule has 0 unspecified atom stereocenters. The van der Waals surface area contributed by atoms with Crippen molar-refractivity contribution in [1.82, 2.24) is 0 Å². The highest BCUT2D eigenvalue weighted by atomic mass is 19.4. The standard InChI is InChI=1S/C24H35F3O5/c1-2-3-4-11-18-30-22(28)12-9-7-5-6-8-10-13-23(29)31-19-20-14-16-21(17-15-20)32-24(25,26)27/h14-17H,2-13,18-19H2,1H3. The summed E-state index contributed by atoms with van der Waals surface area (Å²) in [6, 6.07) is 5.22. The molecule has 0 radical (unpaired) electrons. The fourth-order valence-electron chi connectivity index (χ4n) is 3.06. The number of esters is 2. The normalized spacial score (nSPS) is 11.2. The lowest BCUT2D eigenvalue weighted by Crippen LogP contribution is -2.17. The Morgan fingerprint density at radius 3 is 1.84 bits per heavy atom. The molecular weight excluding hydrogens is 425 g/mol. The van der Waals surface area contributed by atoms with E-state index >= 15 is 0 Å². The molecule has 0 amide bonds. The Labute approximate surface area is 188 Å². The average Bonchev–Trinajstić information content (AvgIpc) is 2.74. The Bertz CT molecular complexity index is 644. The maximum absolute atomic E-state index is 12.1. The summed E-state index contributed by atoms with van der Waals surface area (Å²) >= 11 is 0. The van der Waals surface area contributed by atoms with Crippen molar-refractivity contribution in [3.05, 3.63) is 29.8 Å². The molecule has 32 heavy (non-hydrogen) atoms. The molecule has 8 heteroatoms. The Hall–Kier alpha value is -2.25. The second kappa shape index (κ2) is 16.4. The molecule has 0 aliphatic carbocycles. The molecule has 0 heterocycles. The molecule has 1 rings (SSSR count). The number of halogens is 3. The summed E-state index contributed by atoms with van der Waals surface area (Å²) < 4.78 is 50.5. The van der Waals surface area contributed by atoms with E-state index in [0.29, 0.717) is 25.0 Å². The molecule has 0 aromatic heterocycles. The number of alkyl halides is 3. The molecule has 0 fully saturated rings. The number of carbonyl (C=O) groups excluding carboxylic acids is 2. The van der Waals surface area contributed by atoms with E-state index in [4.69, 9.17) is 9.47 Å². The number of hydrogen-bond acceptors (Lipinski definition) is 5. The van der Waals surface area contributed by atoms with Crippen molar-refractivity contribution in [1.29, 1.82) is 0 Å². The fourth-order valence-corrected chi connectivity index (χ4v) is 3.06. The van der Waals surface area contributed by atoms with Gasteiger partial charge in [-0.2, -0.15) is 0 Å². The van der Waals surface area contributed by atoms with Crippen LogP contribution < -0.4 is 4.74 Å². The molecule has 0 bridgehead atoms. The zero-order valence-corrected chi connectivity index (χ0v) is 18.9. The van der Waals surface area contributed by atoms with Crippen LogP contribution in [0.5, 0.6) is 5.75 Å². The van der Waals surface area contributed by atoms with Crippen molar-refractivity contribution >= 4 is 11.9 Å². The minimum atomic E-state index is -4.73. The molecule has 1 aromatic rings. The predicted octanol–water partition coefficient (Wildman–Crippen LogP) is 6.87. The van der Waals surface area contributed by atoms with Gasteiger partial charge in [0.2, 0.25) is 0 Å². The van der Waals surface area contributed by atoms with Crippen LogP contribution in [0.3, 0.4) is 0 Å². The maximum atomic E-state index is 12.1. The summed E-state index contributed by atoms with van der Waals surface area (Å²) in [4.78, 5) is 23.4. The number of benzene rings is 1. The summed E-state index contributed by atoms with van der Waals surface area (Å²) in [6.45, 7) is 2.68. The molecule has 0 aliphatic heterocycles. The lowest BCUT2D eigenvalue weighted by atomic mass is 10.1. The van der Waals surface area contributed by atoms with E-state index in [9.17, 15) is 22.8 Å². The summed E-state index contributed by atoms with van der Waals surface area (Å²) in [6.07, 6.45) is 5.81. The van der Waals surface area contributed by atoms with Gasteiger partial charge in [-0.15, -0.1) is 13.2 Å². The molecule has 0 atom stereocenters. The van der Waals surface area contributed by atoms with Crippen molar-refractivity contribution in [2.24, 2.45) is 0 Å². The van der Waals surface area contributed by atoms with Gasteiger partial charge in [-0.25, -0.2) is 0 Å². The first-order chi connectivity index (χ1) is 15.3. The van der Waals surface area contributed by atoms with Crippen LogP contribution in [0, 0.1) is 0 Å². The van der Waals surface area contributed by atoms with Crippen molar-refractivity contribution < 1.29 is 37.0 Å². The third kappa shape index (κ3) is 15.5. The zero-order chi connectivity index (χ0) is 23.7. The van der Waals surface area contributed by atoms with Gasteiger partial charge in [0.1, 0.15) is 12.4 Å². The van der Waals surface area contributed by atoms with E-state index in [1.807, 2.05) is 0 Å². The number of carbonyl (C=O) groups is 2. The molecule has 0 aliphatic rings. The van der Waals surface area contributed by atoms with Gasteiger partial charge in [-0.05, 0) is 37.0 Å². The number of rotatable bonds is 17. The molecule has 0 spiro atoms. The average molecular weight is 461 g/mol. The molecule has 182 valence electrons. The Kier molecular flexibility index (Phi) is 14.2. The quantitative estimate of drug-likeness (QED) is 0.187. The van der Waals surface area contributed by atoms with Gasteiger partial charge in [0.05, 0.1) is 6.61 Å². The van der Waals surface area contributed by atoms with Crippen molar-refractivity contribution in [2.45, 2.75) is 96.9 Å². The Balaban J connectivity index is 1.98. The lowest BCUT2D eigenvalue weighted by Gasteiger charge is -2.09. The highest BCUT2D eigenvalue weighted by Crippen LogP contribution is 2.23. The highest BCUT2D eigenvalue weighted by Gasteiger charge is 2.30.